The van der Waals surface area contributed by atoms with Crippen molar-refractivity contribution in [3.05, 3.63) is 34.3 Å². The van der Waals surface area contributed by atoms with Gasteiger partial charge in [0.05, 0.1) is 0 Å². The summed E-state index contributed by atoms with van der Waals surface area (Å²) in [5.41, 5.74) is 1.04. The third-order valence-corrected chi connectivity index (χ3v) is 2.06. The maximum absolute atomic E-state index is 11.1. The smallest absolute Gasteiger partial charge is 0.254 e. The minimum atomic E-state index is -0.884. The van der Waals surface area contributed by atoms with Gasteiger partial charge in [-0.25, -0.2) is 0 Å². The van der Waals surface area contributed by atoms with Crippen LogP contribution in [0.5, 0.6) is 0 Å². The molecule has 0 aromatic heterocycles. The Bertz CT molecular complexity index is 351. The fourth-order valence-corrected chi connectivity index (χ4v) is 1.42. The quantitative estimate of drug-likeness (QED) is 0.632. The fraction of sp³-hybridized carbons (Fsp3) is 0.125. The molecule has 1 aliphatic heterocycles. The summed E-state index contributed by atoms with van der Waals surface area (Å²) in [4.78, 5) is 11.1. The lowest BCUT2D eigenvalue weighted by atomic mass is 10.1. The van der Waals surface area contributed by atoms with E-state index < -0.39 is 6.23 Å². The number of carbonyl (C=O) groups is 1. The third kappa shape index (κ3) is 0.983. The predicted molar refractivity (Wildman–Crippen MR) is 43.9 cm³/mol. The van der Waals surface area contributed by atoms with Crippen molar-refractivity contribution in [1.29, 1.82) is 0 Å². The minimum Gasteiger partial charge on any atom is -0.369 e. The Balaban J connectivity index is 2.60. The average molecular weight is 184 g/mol. The number of hydrogen-bond acceptors (Lipinski definition) is 2. The van der Waals surface area contributed by atoms with Crippen LogP contribution in [0.3, 0.4) is 0 Å². The van der Waals surface area contributed by atoms with Crippen LogP contribution in [0.1, 0.15) is 22.1 Å². The van der Waals surface area contributed by atoms with Gasteiger partial charge in [-0.3, -0.25) is 4.79 Å². The molecule has 0 bridgehead atoms. The molecule has 0 spiro atoms. The van der Waals surface area contributed by atoms with Crippen LogP contribution in [0.2, 0.25) is 5.02 Å². The first-order valence-electron chi connectivity index (χ1n) is 3.47. The van der Waals surface area contributed by atoms with Crippen molar-refractivity contribution in [3.8, 4) is 0 Å². The number of halogens is 1. The highest BCUT2D eigenvalue weighted by Gasteiger charge is 2.26. The third-order valence-electron chi connectivity index (χ3n) is 1.82. The lowest BCUT2D eigenvalue weighted by Gasteiger charge is -2.00. The monoisotopic (exact) mass is 183 g/mol. The highest BCUT2D eigenvalue weighted by molar-refractivity contribution is 6.31. The molecule has 0 saturated carbocycles. The SMILES string of the molecule is O=C1NC(O)c2ccc(Cl)cc21. The molecule has 0 aliphatic carbocycles. The van der Waals surface area contributed by atoms with Crippen LogP contribution in [-0.4, -0.2) is 11.0 Å². The van der Waals surface area contributed by atoms with E-state index in [0.717, 1.165) is 0 Å². The van der Waals surface area contributed by atoms with Crippen LogP contribution >= 0.6 is 11.6 Å². The number of benzene rings is 1. The molecule has 1 atom stereocenters. The van der Waals surface area contributed by atoms with Crippen LogP contribution in [-0.2, 0) is 0 Å². The van der Waals surface area contributed by atoms with Crippen molar-refractivity contribution in [3.63, 3.8) is 0 Å². The van der Waals surface area contributed by atoms with Gasteiger partial charge < -0.3 is 10.4 Å². The molecule has 1 unspecified atom stereocenters. The molecule has 0 fully saturated rings. The van der Waals surface area contributed by atoms with Gasteiger partial charge in [-0.1, -0.05) is 17.7 Å². The number of aliphatic hydroxyl groups is 1. The second-order valence-corrected chi connectivity index (χ2v) is 3.04. The van der Waals surface area contributed by atoms with Crippen molar-refractivity contribution in [1.82, 2.24) is 5.32 Å². The van der Waals surface area contributed by atoms with Crippen molar-refractivity contribution in [2.45, 2.75) is 6.23 Å². The molecule has 2 rings (SSSR count). The summed E-state index contributed by atoms with van der Waals surface area (Å²) in [5.74, 6) is -0.278. The molecular formula is C8H6ClNO2. The van der Waals surface area contributed by atoms with Crippen LogP contribution in [0.4, 0.5) is 0 Å². The fourth-order valence-electron chi connectivity index (χ4n) is 1.24. The summed E-state index contributed by atoms with van der Waals surface area (Å²) < 4.78 is 0. The molecule has 1 aromatic rings. The van der Waals surface area contributed by atoms with Crippen LogP contribution in [0, 0.1) is 0 Å². The van der Waals surface area contributed by atoms with Crippen molar-refractivity contribution >= 4 is 17.5 Å². The van der Waals surface area contributed by atoms with Gasteiger partial charge in [0.25, 0.3) is 5.91 Å². The van der Waals surface area contributed by atoms with E-state index in [-0.39, 0.29) is 5.91 Å². The molecule has 1 heterocycles. The molecule has 1 amide bonds. The van der Waals surface area contributed by atoms with E-state index in [9.17, 15) is 9.90 Å². The summed E-state index contributed by atoms with van der Waals surface area (Å²) in [7, 11) is 0. The largest absolute Gasteiger partial charge is 0.369 e. The van der Waals surface area contributed by atoms with Gasteiger partial charge in [0.15, 0.2) is 6.23 Å². The molecule has 2 N–H and O–H groups in total. The van der Waals surface area contributed by atoms with Crippen molar-refractivity contribution in [2.75, 3.05) is 0 Å². The first kappa shape index (κ1) is 7.58. The average Bonchev–Trinajstić information content (AvgIpc) is 2.28. The Morgan fingerprint density at radius 3 is 3.00 bits per heavy atom. The number of hydrogen-bond donors (Lipinski definition) is 2. The molecular weight excluding hydrogens is 178 g/mol. The van der Waals surface area contributed by atoms with E-state index in [4.69, 9.17) is 11.6 Å². The Hall–Kier alpha value is -1.06. The molecule has 62 valence electrons. The molecule has 1 aromatic carbocycles. The van der Waals surface area contributed by atoms with E-state index in [0.29, 0.717) is 16.1 Å². The van der Waals surface area contributed by atoms with Crippen LogP contribution in [0.25, 0.3) is 0 Å². The van der Waals surface area contributed by atoms with Gasteiger partial charge in [0.2, 0.25) is 0 Å². The standard InChI is InChI=1S/C8H6ClNO2/c9-4-1-2-5-6(3-4)8(12)10-7(5)11/h1-3,7,11H,(H,10,12). The van der Waals surface area contributed by atoms with E-state index in [1.54, 1.807) is 18.2 Å². The zero-order valence-electron chi connectivity index (χ0n) is 6.04. The Labute approximate surface area is 74.0 Å². The highest BCUT2D eigenvalue weighted by Crippen LogP contribution is 2.25. The summed E-state index contributed by atoms with van der Waals surface area (Å²) >= 11 is 5.67. The number of nitrogens with one attached hydrogen (secondary N) is 1. The van der Waals surface area contributed by atoms with Gasteiger partial charge in [-0.05, 0) is 12.1 Å². The summed E-state index contributed by atoms with van der Waals surface area (Å²) in [6, 6.07) is 4.83. The topological polar surface area (TPSA) is 49.3 Å². The Kier molecular flexibility index (Phi) is 1.56. The normalized spacial score (nSPS) is 20.5. The van der Waals surface area contributed by atoms with E-state index in [2.05, 4.69) is 5.32 Å². The van der Waals surface area contributed by atoms with E-state index in [1.807, 2.05) is 0 Å². The van der Waals surface area contributed by atoms with Crippen LogP contribution < -0.4 is 5.32 Å². The Morgan fingerprint density at radius 1 is 1.50 bits per heavy atom. The summed E-state index contributed by atoms with van der Waals surface area (Å²) in [6.07, 6.45) is -0.884. The second-order valence-electron chi connectivity index (χ2n) is 2.61. The van der Waals surface area contributed by atoms with Gasteiger partial charge >= 0.3 is 0 Å². The number of aliphatic hydroxyl groups excluding tert-OH is 1. The highest BCUT2D eigenvalue weighted by atomic mass is 35.5. The first-order valence-corrected chi connectivity index (χ1v) is 3.84. The maximum Gasteiger partial charge on any atom is 0.254 e. The molecule has 0 saturated heterocycles. The van der Waals surface area contributed by atoms with Gasteiger partial charge in [0.1, 0.15) is 0 Å². The zero-order valence-corrected chi connectivity index (χ0v) is 6.80. The predicted octanol–water partition coefficient (Wildman–Crippen LogP) is 1.07. The lowest BCUT2D eigenvalue weighted by molar-refractivity contribution is 0.0850. The van der Waals surface area contributed by atoms with Crippen molar-refractivity contribution in [2.24, 2.45) is 0 Å². The summed E-state index contributed by atoms with van der Waals surface area (Å²) in [5, 5.41) is 12.1. The number of rotatable bonds is 0. The molecule has 4 heteroatoms. The summed E-state index contributed by atoms with van der Waals surface area (Å²) in [6.45, 7) is 0. The maximum atomic E-state index is 11.1. The molecule has 1 aliphatic rings. The van der Waals surface area contributed by atoms with Gasteiger partial charge in [-0.15, -0.1) is 0 Å². The second kappa shape index (κ2) is 2.47. The number of amides is 1. The van der Waals surface area contributed by atoms with Gasteiger partial charge in [-0.2, -0.15) is 0 Å². The molecule has 0 radical (unpaired) electrons. The zero-order chi connectivity index (χ0) is 8.72. The number of fused-ring (bicyclic) bond motifs is 1. The minimum absolute atomic E-state index is 0.278. The lowest BCUT2D eigenvalue weighted by Crippen LogP contribution is -2.17. The van der Waals surface area contributed by atoms with Gasteiger partial charge in [0, 0.05) is 16.1 Å². The van der Waals surface area contributed by atoms with E-state index in [1.165, 1.54) is 0 Å². The van der Waals surface area contributed by atoms with E-state index >= 15 is 0 Å². The molecule has 3 nitrogen and oxygen atoms in total. The number of carbonyl (C=O) groups excluding carboxylic acids is 1. The van der Waals surface area contributed by atoms with Crippen LogP contribution in [0.15, 0.2) is 18.2 Å². The van der Waals surface area contributed by atoms with Crippen molar-refractivity contribution < 1.29 is 9.90 Å². The first-order chi connectivity index (χ1) is 5.68. The molecule has 12 heavy (non-hydrogen) atoms. The Morgan fingerprint density at radius 2 is 2.25 bits per heavy atom.